The van der Waals surface area contributed by atoms with Crippen LogP contribution < -0.4 is 11.1 Å². The van der Waals surface area contributed by atoms with Gasteiger partial charge in [-0.05, 0) is 18.2 Å². The summed E-state index contributed by atoms with van der Waals surface area (Å²) in [6.07, 6.45) is -1.62. The van der Waals surface area contributed by atoms with Crippen LogP contribution in [0.25, 0.3) is 0 Å². The predicted octanol–water partition coefficient (Wildman–Crippen LogP) is 1.97. The van der Waals surface area contributed by atoms with E-state index in [9.17, 15) is 13.2 Å². The summed E-state index contributed by atoms with van der Waals surface area (Å²) >= 11 is 0. The van der Waals surface area contributed by atoms with Gasteiger partial charge in [-0.25, -0.2) is 13.2 Å². The number of halogens is 3. The molecule has 0 radical (unpaired) electrons. The Hall–Kier alpha value is -1.69. The Morgan fingerprint density at radius 1 is 1.50 bits per heavy atom. The molecule has 0 atom stereocenters. The molecule has 0 aromatic heterocycles. The average molecular weight is 232 g/mol. The molecule has 1 aromatic carbocycles. The molecule has 0 unspecified atom stereocenters. The molecule has 0 heterocycles. The van der Waals surface area contributed by atoms with Gasteiger partial charge in [-0.2, -0.15) is 0 Å². The molecular formula is C10H11F3N2O. The molecule has 0 fully saturated rings. The Bertz CT molecular complexity index is 394. The number of hydrogen-bond acceptors (Lipinski definition) is 3. The lowest BCUT2D eigenvalue weighted by molar-refractivity contribution is 0.146. The van der Waals surface area contributed by atoms with Crippen molar-refractivity contribution in [2.45, 2.75) is 6.43 Å². The van der Waals surface area contributed by atoms with E-state index in [0.29, 0.717) is 0 Å². The molecular weight excluding hydrogens is 221 g/mol. The summed E-state index contributed by atoms with van der Waals surface area (Å²) in [4.78, 5) is 0. The Morgan fingerprint density at radius 3 is 2.75 bits per heavy atom. The molecule has 88 valence electrons. The van der Waals surface area contributed by atoms with E-state index < -0.39 is 17.8 Å². The number of hydrogen-bond donors (Lipinski definition) is 3. The van der Waals surface area contributed by atoms with Gasteiger partial charge in [0.05, 0.1) is 17.9 Å². The van der Waals surface area contributed by atoms with E-state index in [2.05, 4.69) is 5.32 Å². The van der Waals surface area contributed by atoms with Crippen LogP contribution in [0.5, 0.6) is 0 Å². The van der Waals surface area contributed by atoms with Gasteiger partial charge in [0.2, 0.25) is 0 Å². The molecule has 0 saturated heterocycles. The van der Waals surface area contributed by atoms with Crippen molar-refractivity contribution in [3.05, 3.63) is 41.5 Å². The maximum atomic E-state index is 12.9. The minimum atomic E-state index is -2.87. The Kier molecular flexibility index (Phi) is 4.19. The van der Waals surface area contributed by atoms with Gasteiger partial charge in [0.1, 0.15) is 5.82 Å². The molecule has 0 aliphatic heterocycles. The summed E-state index contributed by atoms with van der Waals surface area (Å²) in [5, 5.41) is 11.2. The standard InChI is InChI=1S/C10H11F3N2O/c11-9-2-1-7(3-8(9)10(12)13)15-4-6(14)5-16/h1-4,10,15-16H,5,14H2/b6-4-. The number of nitrogens with one attached hydrogen (secondary N) is 1. The first-order chi connectivity index (χ1) is 7.54. The summed E-state index contributed by atoms with van der Waals surface area (Å²) in [5.41, 5.74) is 5.01. The van der Waals surface area contributed by atoms with E-state index >= 15 is 0 Å². The van der Waals surface area contributed by atoms with Crippen molar-refractivity contribution in [2.24, 2.45) is 5.73 Å². The first-order valence-corrected chi connectivity index (χ1v) is 4.44. The van der Waals surface area contributed by atoms with Crippen molar-refractivity contribution < 1.29 is 18.3 Å². The lowest BCUT2D eigenvalue weighted by Gasteiger charge is -2.06. The number of benzene rings is 1. The van der Waals surface area contributed by atoms with Gasteiger partial charge in [0.15, 0.2) is 0 Å². The highest BCUT2D eigenvalue weighted by molar-refractivity contribution is 5.48. The van der Waals surface area contributed by atoms with Crippen LogP contribution in [-0.2, 0) is 0 Å². The van der Waals surface area contributed by atoms with Crippen molar-refractivity contribution in [3.8, 4) is 0 Å². The molecule has 0 saturated carbocycles. The van der Waals surface area contributed by atoms with Crippen molar-refractivity contribution in [1.29, 1.82) is 0 Å². The Morgan fingerprint density at radius 2 is 2.19 bits per heavy atom. The lowest BCUT2D eigenvalue weighted by atomic mass is 10.2. The lowest BCUT2D eigenvalue weighted by Crippen LogP contribution is -2.05. The van der Waals surface area contributed by atoms with Crippen LogP contribution in [0.15, 0.2) is 30.1 Å². The largest absolute Gasteiger partial charge is 0.399 e. The van der Waals surface area contributed by atoms with Gasteiger partial charge in [-0.1, -0.05) is 0 Å². The van der Waals surface area contributed by atoms with Crippen LogP contribution in [0.3, 0.4) is 0 Å². The van der Waals surface area contributed by atoms with Crippen LogP contribution in [0.4, 0.5) is 18.9 Å². The quantitative estimate of drug-likeness (QED) is 0.743. The van der Waals surface area contributed by atoms with Crippen molar-refractivity contribution >= 4 is 5.69 Å². The number of anilines is 1. The Balaban J connectivity index is 2.87. The second kappa shape index (κ2) is 5.41. The molecule has 0 aliphatic carbocycles. The third-order valence-corrected chi connectivity index (χ3v) is 1.84. The van der Waals surface area contributed by atoms with Gasteiger partial charge in [-0.15, -0.1) is 0 Å². The van der Waals surface area contributed by atoms with E-state index in [1.807, 2.05) is 0 Å². The number of aliphatic hydroxyl groups excluding tert-OH is 1. The van der Waals surface area contributed by atoms with Crippen LogP contribution in [-0.4, -0.2) is 11.7 Å². The summed E-state index contributed by atoms with van der Waals surface area (Å²) in [6.45, 7) is -0.351. The molecule has 0 bridgehead atoms. The predicted molar refractivity (Wildman–Crippen MR) is 54.3 cm³/mol. The van der Waals surface area contributed by atoms with Gasteiger partial charge in [0, 0.05) is 11.9 Å². The van der Waals surface area contributed by atoms with Gasteiger partial charge >= 0.3 is 0 Å². The number of nitrogens with two attached hydrogens (primary N) is 1. The second-order valence-corrected chi connectivity index (χ2v) is 3.06. The highest BCUT2D eigenvalue weighted by Crippen LogP contribution is 2.24. The van der Waals surface area contributed by atoms with E-state index in [0.717, 1.165) is 12.1 Å². The highest BCUT2D eigenvalue weighted by atomic mass is 19.3. The minimum absolute atomic E-state index is 0.142. The third kappa shape index (κ3) is 3.16. The molecule has 6 heteroatoms. The maximum Gasteiger partial charge on any atom is 0.266 e. The smallest absolute Gasteiger partial charge is 0.266 e. The van der Waals surface area contributed by atoms with Crippen LogP contribution in [0.1, 0.15) is 12.0 Å². The second-order valence-electron chi connectivity index (χ2n) is 3.06. The maximum absolute atomic E-state index is 12.9. The normalized spacial score (nSPS) is 11.9. The topological polar surface area (TPSA) is 58.3 Å². The summed E-state index contributed by atoms with van der Waals surface area (Å²) in [5.74, 6) is -0.959. The number of aliphatic hydroxyl groups is 1. The average Bonchev–Trinajstić information content (AvgIpc) is 2.27. The van der Waals surface area contributed by atoms with Crippen LogP contribution >= 0.6 is 0 Å². The zero-order valence-corrected chi connectivity index (χ0v) is 8.25. The van der Waals surface area contributed by atoms with Crippen LogP contribution in [0, 0.1) is 5.82 Å². The number of alkyl halides is 2. The van der Waals surface area contributed by atoms with E-state index in [1.54, 1.807) is 0 Å². The van der Waals surface area contributed by atoms with Gasteiger partial charge < -0.3 is 16.2 Å². The van der Waals surface area contributed by atoms with E-state index in [4.69, 9.17) is 10.8 Å². The molecule has 3 nitrogen and oxygen atoms in total. The van der Waals surface area contributed by atoms with Gasteiger partial charge in [-0.3, -0.25) is 0 Å². The van der Waals surface area contributed by atoms with Crippen molar-refractivity contribution in [1.82, 2.24) is 0 Å². The third-order valence-electron chi connectivity index (χ3n) is 1.84. The fourth-order valence-corrected chi connectivity index (χ4v) is 1.02. The molecule has 0 aliphatic rings. The minimum Gasteiger partial charge on any atom is -0.399 e. The molecule has 16 heavy (non-hydrogen) atoms. The highest BCUT2D eigenvalue weighted by Gasteiger charge is 2.13. The molecule has 1 aromatic rings. The van der Waals surface area contributed by atoms with Crippen molar-refractivity contribution in [3.63, 3.8) is 0 Å². The number of rotatable bonds is 4. The Labute approximate surface area is 90.4 Å². The van der Waals surface area contributed by atoms with E-state index in [1.165, 1.54) is 12.3 Å². The monoisotopic (exact) mass is 232 g/mol. The molecule has 0 spiro atoms. The summed E-state index contributed by atoms with van der Waals surface area (Å²) < 4.78 is 37.5. The fourth-order valence-electron chi connectivity index (χ4n) is 1.02. The van der Waals surface area contributed by atoms with Crippen LogP contribution in [0.2, 0.25) is 0 Å². The first-order valence-electron chi connectivity index (χ1n) is 4.44. The molecule has 4 N–H and O–H groups in total. The SMILES string of the molecule is N/C(=C\Nc1ccc(F)c(C(F)F)c1)CO. The van der Waals surface area contributed by atoms with Crippen molar-refractivity contribution in [2.75, 3.05) is 11.9 Å². The first kappa shape index (κ1) is 12.4. The molecule has 0 amide bonds. The zero-order valence-electron chi connectivity index (χ0n) is 8.25. The summed E-state index contributed by atoms with van der Waals surface area (Å²) in [6, 6.07) is 3.22. The zero-order chi connectivity index (χ0) is 12.1. The fraction of sp³-hybridized carbons (Fsp3) is 0.200. The van der Waals surface area contributed by atoms with Gasteiger partial charge in [0.25, 0.3) is 6.43 Å². The summed E-state index contributed by atoms with van der Waals surface area (Å²) in [7, 11) is 0. The van der Waals surface area contributed by atoms with E-state index in [-0.39, 0.29) is 18.0 Å². The molecule has 1 rings (SSSR count).